The second-order valence-electron chi connectivity index (χ2n) is 10.0. The highest BCUT2D eigenvalue weighted by Gasteiger charge is 2.48. The molecule has 0 unspecified atom stereocenters. The minimum absolute atomic E-state index is 0.146. The maximum atomic E-state index is 11.5. The monoisotopic (exact) mass is 429 g/mol. The Morgan fingerprint density at radius 3 is 1.61 bits per heavy atom. The molecule has 0 aliphatic carbocycles. The highest BCUT2D eigenvalue weighted by molar-refractivity contribution is 6.76. The van der Waals surface area contributed by atoms with Gasteiger partial charge in [0.15, 0.2) is 0 Å². The SMILES string of the molecule is C[Si](C)(C)C[C@H](O)[C@@H]1CCCN1C(c1ccccc1)(c1ccccc1)c1ccccc1. The summed E-state index contributed by atoms with van der Waals surface area (Å²) in [4.78, 5) is 2.61. The van der Waals surface area contributed by atoms with Crippen molar-refractivity contribution in [1.29, 1.82) is 0 Å². The van der Waals surface area contributed by atoms with Crippen LogP contribution in [0.3, 0.4) is 0 Å². The zero-order valence-corrected chi connectivity index (χ0v) is 20.0. The van der Waals surface area contributed by atoms with Crippen LogP contribution in [0.4, 0.5) is 0 Å². The molecule has 2 nitrogen and oxygen atoms in total. The van der Waals surface area contributed by atoms with Crippen molar-refractivity contribution >= 4 is 8.07 Å². The molecular formula is C28H35NOSi. The molecule has 0 amide bonds. The van der Waals surface area contributed by atoms with E-state index in [0.29, 0.717) is 0 Å². The minimum atomic E-state index is -1.39. The summed E-state index contributed by atoms with van der Waals surface area (Å²) in [5.41, 5.74) is 3.37. The molecule has 31 heavy (non-hydrogen) atoms. The molecular weight excluding hydrogens is 394 g/mol. The fourth-order valence-corrected chi connectivity index (χ4v) is 6.93. The third kappa shape index (κ3) is 4.41. The van der Waals surface area contributed by atoms with E-state index >= 15 is 0 Å². The molecule has 0 radical (unpaired) electrons. The molecule has 1 saturated heterocycles. The van der Waals surface area contributed by atoms with Gasteiger partial charge in [-0.25, -0.2) is 0 Å². The normalized spacial score (nSPS) is 18.8. The van der Waals surface area contributed by atoms with Crippen molar-refractivity contribution in [3.05, 3.63) is 108 Å². The summed E-state index contributed by atoms with van der Waals surface area (Å²) in [5, 5.41) is 11.5. The van der Waals surface area contributed by atoms with E-state index in [0.717, 1.165) is 25.4 Å². The summed E-state index contributed by atoms with van der Waals surface area (Å²) in [5.74, 6) is 0. The van der Waals surface area contributed by atoms with E-state index in [4.69, 9.17) is 0 Å². The van der Waals surface area contributed by atoms with Crippen LogP contribution < -0.4 is 0 Å². The maximum Gasteiger partial charge on any atom is 0.0976 e. The van der Waals surface area contributed by atoms with Crippen molar-refractivity contribution in [1.82, 2.24) is 4.90 Å². The van der Waals surface area contributed by atoms with Gasteiger partial charge in [-0.3, -0.25) is 4.90 Å². The van der Waals surface area contributed by atoms with Crippen molar-refractivity contribution in [2.24, 2.45) is 0 Å². The second-order valence-corrected chi connectivity index (χ2v) is 15.6. The third-order valence-electron chi connectivity index (χ3n) is 6.57. The van der Waals surface area contributed by atoms with E-state index < -0.39 is 13.6 Å². The van der Waals surface area contributed by atoms with Gasteiger partial charge in [0.1, 0.15) is 0 Å². The fraction of sp³-hybridized carbons (Fsp3) is 0.357. The van der Waals surface area contributed by atoms with Crippen molar-refractivity contribution < 1.29 is 5.11 Å². The largest absolute Gasteiger partial charge is 0.392 e. The third-order valence-corrected chi connectivity index (χ3v) is 8.21. The molecule has 0 aromatic heterocycles. The van der Waals surface area contributed by atoms with Gasteiger partial charge in [0.25, 0.3) is 0 Å². The Labute approximate surface area is 188 Å². The van der Waals surface area contributed by atoms with Gasteiger partial charge in [0.05, 0.1) is 11.6 Å². The van der Waals surface area contributed by atoms with E-state index in [1.807, 2.05) is 0 Å². The first kappa shape index (κ1) is 22.0. The van der Waals surface area contributed by atoms with Crippen LogP contribution in [-0.4, -0.2) is 36.8 Å². The number of nitrogens with zero attached hydrogens (tertiary/aromatic N) is 1. The zero-order chi connectivity index (χ0) is 21.9. The topological polar surface area (TPSA) is 23.5 Å². The first-order valence-electron chi connectivity index (χ1n) is 11.5. The molecule has 1 heterocycles. The summed E-state index contributed by atoms with van der Waals surface area (Å²) in [7, 11) is -1.39. The number of aliphatic hydroxyl groups excluding tert-OH is 1. The van der Waals surface area contributed by atoms with Crippen LogP contribution in [0.2, 0.25) is 25.7 Å². The van der Waals surface area contributed by atoms with Crippen molar-refractivity contribution in [3.8, 4) is 0 Å². The van der Waals surface area contributed by atoms with E-state index in [-0.39, 0.29) is 12.1 Å². The van der Waals surface area contributed by atoms with Gasteiger partial charge >= 0.3 is 0 Å². The Morgan fingerprint density at radius 2 is 1.23 bits per heavy atom. The zero-order valence-electron chi connectivity index (χ0n) is 19.0. The van der Waals surface area contributed by atoms with Crippen molar-refractivity contribution in [2.45, 2.75) is 56.2 Å². The molecule has 0 saturated carbocycles. The average Bonchev–Trinajstić information content (AvgIpc) is 3.26. The molecule has 0 bridgehead atoms. The van der Waals surface area contributed by atoms with Crippen LogP contribution in [0.15, 0.2) is 91.0 Å². The Bertz CT molecular complexity index is 856. The van der Waals surface area contributed by atoms with Crippen LogP contribution in [0, 0.1) is 0 Å². The summed E-state index contributed by atoms with van der Waals surface area (Å²) in [6, 6.07) is 33.7. The molecule has 0 spiro atoms. The highest BCUT2D eigenvalue weighted by atomic mass is 28.3. The van der Waals surface area contributed by atoms with Crippen LogP contribution in [0.1, 0.15) is 29.5 Å². The van der Waals surface area contributed by atoms with E-state index in [1.165, 1.54) is 16.7 Å². The molecule has 3 aromatic carbocycles. The standard InChI is InChI=1S/C28H35NOSi/c1-31(2,3)22-27(30)26-20-13-21-29(26)28(23-14-7-4-8-15-23,24-16-9-5-10-17-24)25-18-11-6-12-19-25/h4-12,14-19,26-27,30H,13,20-22H2,1-3H3/t26-,27-/m0/s1. The summed E-state index contributed by atoms with van der Waals surface area (Å²) >= 11 is 0. The van der Waals surface area contributed by atoms with Gasteiger partial charge in [-0.05, 0) is 35.6 Å². The van der Waals surface area contributed by atoms with Crippen molar-refractivity contribution in [2.75, 3.05) is 6.54 Å². The lowest BCUT2D eigenvalue weighted by Crippen LogP contribution is -2.54. The number of rotatable bonds is 7. The summed E-state index contributed by atoms with van der Waals surface area (Å²) in [6.45, 7) is 8.04. The van der Waals surface area contributed by atoms with Crippen LogP contribution >= 0.6 is 0 Å². The Morgan fingerprint density at radius 1 is 0.806 bits per heavy atom. The van der Waals surface area contributed by atoms with E-state index in [9.17, 15) is 5.11 Å². The molecule has 1 aliphatic rings. The quantitative estimate of drug-likeness (QED) is 0.360. The Kier molecular flexibility index (Phi) is 6.47. The summed E-state index contributed by atoms with van der Waals surface area (Å²) < 4.78 is 0. The molecule has 162 valence electrons. The predicted molar refractivity (Wildman–Crippen MR) is 133 cm³/mol. The Hall–Kier alpha value is -2.20. The lowest BCUT2D eigenvalue weighted by atomic mass is 9.75. The molecule has 2 atom stereocenters. The average molecular weight is 430 g/mol. The van der Waals surface area contributed by atoms with Gasteiger partial charge in [-0.15, -0.1) is 0 Å². The second kappa shape index (κ2) is 9.11. The molecule has 1 aliphatic heterocycles. The lowest BCUT2D eigenvalue weighted by Gasteiger charge is -2.48. The highest BCUT2D eigenvalue weighted by Crippen LogP contribution is 2.46. The number of likely N-dealkylation sites (tertiary alicyclic amines) is 1. The number of benzene rings is 3. The number of hydrogen-bond acceptors (Lipinski definition) is 2. The number of hydrogen-bond donors (Lipinski definition) is 1. The first-order chi connectivity index (χ1) is 14.9. The Balaban J connectivity index is 1.94. The van der Waals surface area contributed by atoms with Gasteiger partial charge in [0, 0.05) is 20.7 Å². The van der Waals surface area contributed by atoms with Gasteiger partial charge in [-0.1, -0.05) is 111 Å². The van der Waals surface area contributed by atoms with Gasteiger partial charge < -0.3 is 5.11 Å². The van der Waals surface area contributed by atoms with Gasteiger partial charge in [-0.2, -0.15) is 0 Å². The first-order valence-corrected chi connectivity index (χ1v) is 15.2. The molecule has 3 heteroatoms. The molecule has 1 fully saturated rings. The number of aliphatic hydroxyl groups is 1. The summed E-state index contributed by atoms with van der Waals surface area (Å²) in [6.07, 6.45) is 1.85. The lowest BCUT2D eigenvalue weighted by molar-refractivity contribution is 0.0429. The van der Waals surface area contributed by atoms with Crippen molar-refractivity contribution in [3.63, 3.8) is 0 Å². The van der Waals surface area contributed by atoms with E-state index in [2.05, 4.69) is 116 Å². The minimum Gasteiger partial charge on any atom is -0.392 e. The smallest absolute Gasteiger partial charge is 0.0976 e. The molecule has 4 rings (SSSR count). The molecule has 1 N–H and O–H groups in total. The van der Waals surface area contributed by atoms with Gasteiger partial charge in [0.2, 0.25) is 0 Å². The predicted octanol–water partition coefficient (Wildman–Crippen LogP) is 6.14. The van der Waals surface area contributed by atoms with Crippen LogP contribution in [0.25, 0.3) is 0 Å². The van der Waals surface area contributed by atoms with Crippen LogP contribution in [0.5, 0.6) is 0 Å². The maximum absolute atomic E-state index is 11.5. The molecule has 3 aromatic rings. The van der Waals surface area contributed by atoms with Crippen LogP contribution in [-0.2, 0) is 5.54 Å². The fourth-order valence-electron chi connectivity index (χ4n) is 5.41. The van der Waals surface area contributed by atoms with E-state index in [1.54, 1.807) is 0 Å².